The lowest BCUT2D eigenvalue weighted by Crippen LogP contribution is -2.37. The Labute approximate surface area is 178 Å². The van der Waals surface area contributed by atoms with Crippen molar-refractivity contribution in [3.63, 3.8) is 0 Å². The number of alkyl halides is 1. The van der Waals surface area contributed by atoms with Crippen molar-refractivity contribution >= 4 is 21.9 Å². The zero-order valence-corrected chi connectivity index (χ0v) is 19.0. The van der Waals surface area contributed by atoms with E-state index in [1.807, 2.05) is 0 Å². The van der Waals surface area contributed by atoms with Gasteiger partial charge in [0.2, 0.25) is 0 Å². The minimum atomic E-state index is -0.217. The summed E-state index contributed by atoms with van der Waals surface area (Å²) >= 11 is 3.17. The number of carbonyl (C=O) groups excluding carboxylic acids is 1. The van der Waals surface area contributed by atoms with E-state index < -0.39 is 0 Å². The third kappa shape index (κ3) is 4.64. The van der Waals surface area contributed by atoms with Crippen LogP contribution in [0.3, 0.4) is 0 Å². The number of allylic oxidation sites excluding steroid dienone is 4. The van der Waals surface area contributed by atoms with Gasteiger partial charge in [0.15, 0.2) is 0 Å². The Balaban J connectivity index is 1.72. The average Bonchev–Trinajstić information content (AvgIpc) is 3.04. The van der Waals surface area contributed by atoms with Crippen LogP contribution in [0.5, 0.6) is 0 Å². The number of halogens is 1. The number of rotatable bonds is 5. The summed E-state index contributed by atoms with van der Waals surface area (Å²) in [7, 11) is 0. The standard InChI is InChI=1S/C24H35BrO3/c1-16-6-9-20(26)13-19(16)8-7-18-5-4-12-24(3)21(10-11-22(18)24)17(2)15-28-23(27)14-25/h7-8,17,20-22,26H,1,4-6,9-15H2,2-3H3/b18-7+,19-8-/t17-,20+,21-,22+,24-/m1/s1. The SMILES string of the molecule is C=C1CC[C@H](O)C/C1=C/C=C1\CCC[C@]2(C)[C@@H]([C@H](C)COC(=O)CBr)CC[C@@H]12. The highest BCUT2D eigenvalue weighted by molar-refractivity contribution is 9.09. The number of esters is 1. The monoisotopic (exact) mass is 450 g/mol. The summed E-state index contributed by atoms with van der Waals surface area (Å²) in [6.45, 7) is 9.43. The second-order valence-corrected chi connectivity index (χ2v) is 9.88. The quantitative estimate of drug-likeness (QED) is 0.429. The Kier molecular flexibility index (Phi) is 7.25. The lowest BCUT2D eigenvalue weighted by atomic mass is 9.61. The average molecular weight is 451 g/mol. The van der Waals surface area contributed by atoms with Crippen LogP contribution in [0, 0.1) is 23.2 Å². The first-order chi connectivity index (χ1) is 13.3. The van der Waals surface area contributed by atoms with E-state index >= 15 is 0 Å². The van der Waals surface area contributed by atoms with E-state index in [1.54, 1.807) is 5.57 Å². The first-order valence-electron chi connectivity index (χ1n) is 10.8. The maximum Gasteiger partial charge on any atom is 0.316 e. The fourth-order valence-electron chi connectivity index (χ4n) is 5.99. The molecule has 3 aliphatic rings. The predicted molar refractivity (Wildman–Crippen MR) is 117 cm³/mol. The van der Waals surface area contributed by atoms with Gasteiger partial charge in [0, 0.05) is 0 Å². The van der Waals surface area contributed by atoms with Gasteiger partial charge in [-0.1, -0.05) is 59.7 Å². The molecule has 28 heavy (non-hydrogen) atoms. The fourth-order valence-corrected chi connectivity index (χ4v) is 6.15. The van der Waals surface area contributed by atoms with Crippen molar-refractivity contribution < 1.29 is 14.6 Å². The molecule has 4 heteroatoms. The van der Waals surface area contributed by atoms with Gasteiger partial charge in [-0.15, -0.1) is 0 Å². The number of hydrogen-bond acceptors (Lipinski definition) is 3. The van der Waals surface area contributed by atoms with Gasteiger partial charge in [-0.3, -0.25) is 4.79 Å². The van der Waals surface area contributed by atoms with Crippen LogP contribution < -0.4 is 0 Å². The van der Waals surface area contributed by atoms with E-state index in [4.69, 9.17) is 4.74 Å². The highest BCUT2D eigenvalue weighted by atomic mass is 79.9. The van der Waals surface area contributed by atoms with Gasteiger partial charge < -0.3 is 9.84 Å². The van der Waals surface area contributed by atoms with Crippen LogP contribution in [-0.2, 0) is 9.53 Å². The Bertz CT molecular complexity index is 665. The van der Waals surface area contributed by atoms with Gasteiger partial charge in [-0.05, 0) is 80.1 Å². The summed E-state index contributed by atoms with van der Waals surface area (Å²) < 4.78 is 5.42. The largest absolute Gasteiger partial charge is 0.465 e. The zero-order chi connectivity index (χ0) is 20.3. The molecule has 0 aromatic heterocycles. The lowest BCUT2D eigenvalue weighted by Gasteiger charge is -2.44. The van der Waals surface area contributed by atoms with E-state index in [2.05, 4.69) is 48.5 Å². The molecule has 1 N–H and O–H groups in total. The first kappa shape index (κ1) is 21.8. The van der Waals surface area contributed by atoms with E-state index in [0.717, 1.165) is 19.3 Å². The minimum absolute atomic E-state index is 0.169. The molecule has 0 bridgehead atoms. The van der Waals surface area contributed by atoms with Crippen molar-refractivity contribution in [2.24, 2.45) is 23.2 Å². The van der Waals surface area contributed by atoms with Crippen LogP contribution in [0.15, 0.2) is 35.5 Å². The molecular weight excluding hydrogens is 416 g/mol. The summed E-state index contributed by atoms with van der Waals surface area (Å²) in [5.41, 5.74) is 4.28. The molecule has 3 rings (SSSR count). The van der Waals surface area contributed by atoms with Gasteiger partial charge in [0.05, 0.1) is 12.7 Å². The first-order valence-corrected chi connectivity index (χ1v) is 11.9. The van der Waals surface area contributed by atoms with Crippen molar-refractivity contribution in [3.05, 3.63) is 35.5 Å². The van der Waals surface area contributed by atoms with Gasteiger partial charge in [0.25, 0.3) is 0 Å². The van der Waals surface area contributed by atoms with E-state index in [1.165, 1.54) is 43.3 Å². The number of aliphatic hydroxyl groups excluding tert-OH is 1. The maximum atomic E-state index is 11.5. The smallest absolute Gasteiger partial charge is 0.316 e. The van der Waals surface area contributed by atoms with Crippen LogP contribution in [0.25, 0.3) is 0 Å². The number of fused-ring (bicyclic) bond motifs is 1. The second kappa shape index (κ2) is 9.30. The summed E-state index contributed by atoms with van der Waals surface area (Å²) in [5, 5.41) is 10.3. The molecule has 0 amide bonds. The van der Waals surface area contributed by atoms with E-state index in [0.29, 0.717) is 29.8 Å². The number of ether oxygens (including phenoxy) is 1. The fraction of sp³-hybridized carbons (Fsp3) is 0.708. The zero-order valence-electron chi connectivity index (χ0n) is 17.4. The van der Waals surface area contributed by atoms with Crippen molar-refractivity contribution in [3.8, 4) is 0 Å². The van der Waals surface area contributed by atoms with Crippen molar-refractivity contribution in [2.75, 3.05) is 11.9 Å². The summed E-state index contributed by atoms with van der Waals surface area (Å²) in [5.74, 6) is 1.45. The highest BCUT2D eigenvalue weighted by Crippen LogP contribution is 2.59. The van der Waals surface area contributed by atoms with E-state index in [-0.39, 0.29) is 17.4 Å². The molecule has 5 atom stereocenters. The van der Waals surface area contributed by atoms with Gasteiger partial charge in [-0.25, -0.2) is 0 Å². The van der Waals surface area contributed by atoms with Crippen LogP contribution in [0.1, 0.15) is 65.2 Å². The second-order valence-electron chi connectivity index (χ2n) is 9.32. The van der Waals surface area contributed by atoms with Gasteiger partial charge >= 0.3 is 5.97 Å². The van der Waals surface area contributed by atoms with Crippen LogP contribution in [0.4, 0.5) is 0 Å². The maximum absolute atomic E-state index is 11.5. The normalized spacial score (nSPS) is 37.1. The molecule has 0 saturated heterocycles. The third-order valence-electron chi connectivity index (χ3n) is 7.53. The number of aliphatic hydroxyl groups is 1. The summed E-state index contributed by atoms with van der Waals surface area (Å²) in [4.78, 5) is 11.5. The number of carbonyl (C=O) groups is 1. The Hall–Kier alpha value is -0.870. The Morgan fingerprint density at radius 2 is 2.14 bits per heavy atom. The highest BCUT2D eigenvalue weighted by Gasteiger charge is 2.50. The van der Waals surface area contributed by atoms with Crippen molar-refractivity contribution in [1.29, 1.82) is 0 Å². The lowest BCUT2D eigenvalue weighted by molar-refractivity contribution is -0.142. The molecule has 0 spiro atoms. The minimum Gasteiger partial charge on any atom is -0.465 e. The molecule has 3 saturated carbocycles. The van der Waals surface area contributed by atoms with Gasteiger partial charge in [0.1, 0.15) is 5.33 Å². The van der Waals surface area contributed by atoms with Crippen molar-refractivity contribution in [2.45, 2.75) is 71.3 Å². The van der Waals surface area contributed by atoms with Crippen LogP contribution in [-0.4, -0.2) is 29.1 Å². The molecular formula is C24H35BrO3. The Morgan fingerprint density at radius 3 is 2.89 bits per heavy atom. The Morgan fingerprint density at radius 1 is 1.36 bits per heavy atom. The molecule has 3 nitrogen and oxygen atoms in total. The van der Waals surface area contributed by atoms with Crippen LogP contribution >= 0.6 is 15.9 Å². The molecule has 0 heterocycles. The molecule has 3 fully saturated rings. The summed E-state index contributed by atoms with van der Waals surface area (Å²) in [6.07, 6.45) is 13.0. The topological polar surface area (TPSA) is 46.5 Å². The predicted octanol–water partition coefficient (Wildman–Crippen LogP) is 5.73. The van der Waals surface area contributed by atoms with Crippen molar-refractivity contribution in [1.82, 2.24) is 0 Å². The van der Waals surface area contributed by atoms with E-state index in [9.17, 15) is 9.90 Å². The van der Waals surface area contributed by atoms with Crippen LogP contribution in [0.2, 0.25) is 0 Å². The molecule has 0 aromatic carbocycles. The number of hydrogen-bond donors (Lipinski definition) is 1. The third-order valence-corrected chi connectivity index (χ3v) is 7.99. The van der Waals surface area contributed by atoms with Gasteiger partial charge in [-0.2, -0.15) is 0 Å². The molecule has 0 aliphatic heterocycles. The molecule has 3 aliphatic carbocycles. The summed E-state index contributed by atoms with van der Waals surface area (Å²) in [6, 6.07) is 0. The molecule has 0 aromatic rings. The molecule has 0 unspecified atom stereocenters. The molecule has 156 valence electrons. The molecule has 0 radical (unpaired) electrons.